The molecule has 4 aromatic rings. The maximum atomic E-state index is 12.9. The zero-order valence-corrected chi connectivity index (χ0v) is 14.0. The highest BCUT2D eigenvalue weighted by Gasteiger charge is 2.23. The fraction of sp³-hybridized carbons (Fsp3) is 0.0526. The van der Waals surface area contributed by atoms with Crippen molar-refractivity contribution in [2.24, 2.45) is 0 Å². The van der Waals surface area contributed by atoms with Crippen LogP contribution in [0.25, 0.3) is 22.5 Å². The lowest BCUT2D eigenvalue weighted by Crippen LogP contribution is -2.15. The van der Waals surface area contributed by atoms with Crippen LogP contribution in [0.2, 0.25) is 0 Å². The lowest BCUT2D eigenvalue weighted by molar-refractivity contribution is 0.0736. The summed E-state index contributed by atoms with van der Waals surface area (Å²) in [6, 6.07) is 11.9. The van der Waals surface area contributed by atoms with Gasteiger partial charge in [-0.05, 0) is 42.6 Å². The van der Waals surface area contributed by atoms with Crippen LogP contribution in [0, 0.1) is 6.92 Å². The van der Waals surface area contributed by atoms with E-state index in [1.54, 1.807) is 41.8 Å². The molecule has 5 nitrogen and oxygen atoms in total. The zero-order chi connectivity index (χ0) is 17.4. The van der Waals surface area contributed by atoms with E-state index >= 15 is 0 Å². The molecule has 0 saturated carbocycles. The number of aryl methyl sites for hydroxylation is 1. The van der Waals surface area contributed by atoms with Crippen molar-refractivity contribution in [3.63, 3.8) is 0 Å². The molecule has 0 unspecified atom stereocenters. The molecule has 3 aromatic heterocycles. The van der Waals surface area contributed by atoms with Crippen molar-refractivity contribution in [2.75, 3.05) is 0 Å². The largest absolute Gasteiger partial charge is 0.461 e. The van der Waals surface area contributed by atoms with Crippen molar-refractivity contribution in [2.45, 2.75) is 6.92 Å². The molecule has 0 aliphatic rings. The van der Waals surface area contributed by atoms with Gasteiger partial charge in [-0.2, -0.15) is 0 Å². The molecule has 0 radical (unpaired) electrons. The summed E-state index contributed by atoms with van der Waals surface area (Å²) in [4.78, 5) is 25.7. The van der Waals surface area contributed by atoms with E-state index in [0.29, 0.717) is 21.6 Å². The van der Waals surface area contributed by atoms with Crippen LogP contribution in [0.4, 0.5) is 0 Å². The van der Waals surface area contributed by atoms with Gasteiger partial charge in [0, 0.05) is 0 Å². The predicted octanol–water partition coefficient (Wildman–Crippen LogP) is 4.64. The standard InChI is InChI=1S/C19H12O5S/c1-11-6-7-13-12(10-11)16(20)18(17(23-13)14-4-2-8-22-14)24-19(21)15-5-3-9-25-15/h2-10H,1H3. The maximum absolute atomic E-state index is 12.9. The summed E-state index contributed by atoms with van der Waals surface area (Å²) >= 11 is 1.23. The summed E-state index contributed by atoms with van der Waals surface area (Å²) in [5, 5.41) is 2.11. The fourth-order valence-electron chi connectivity index (χ4n) is 2.49. The van der Waals surface area contributed by atoms with Crippen LogP contribution in [0.3, 0.4) is 0 Å². The minimum absolute atomic E-state index is 0.0938. The number of esters is 1. The summed E-state index contributed by atoms with van der Waals surface area (Å²) < 4.78 is 16.6. The third kappa shape index (κ3) is 2.77. The van der Waals surface area contributed by atoms with Crippen LogP contribution in [-0.2, 0) is 0 Å². The van der Waals surface area contributed by atoms with E-state index in [9.17, 15) is 9.59 Å². The molecule has 0 fully saturated rings. The smallest absolute Gasteiger partial charge is 0.353 e. The number of furan rings is 1. The molecular weight excluding hydrogens is 340 g/mol. The molecular formula is C19H12O5S. The van der Waals surface area contributed by atoms with Crippen LogP contribution in [0.1, 0.15) is 15.2 Å². The Kier molecular flexibility index (Phi) is 3.74. The molecule has 6 heteroatoms. The molecule has 0 saturated heterocycles. The lowest BCUT2D eigenvalue weighted by Gasteiger charge is -2.08. The minimum atomic E-state index is -0.609. The van der Waals surface area contributed by atoms with Crippen molar-refractivity contribution in [3.05, 3.63) is 74.8 Å². The van der Waals surface area contributed by atoms with E-state index in [4.69, 9.17) is 13.6 Å². The summed E-state index contributed by atoms with van der Waals surface area (Å²) in [5.74, 6) is -0.377. The molecule has 0 aliphatic carbocycles. The molecule has 0 spiro atoms. The highest BCUT2D eigenvalue weighted by molar-refractivity contribution is 7.12. The molecule has 124 valence electrons. The molecule has 25 heavy (non-hydrogen) atoms. The first-order valence-electron chi connectivity index (χ1n) is 7.50. The van der Waals surface area contributed by atoms with Crippen LogP contribution in [0.15, 0.2) is 67.7 Å². The first-order chi connectivity index (χ1) is 12.1. The number of fused-ring (bicyclic) bond motifs is 1. The molecule has 0 aliphatic heterocycles. The second-order valence-corrected chi connectivity index (χ2v) is 6.38. The molecule has 4 rings (SSSR count). The van der Waals surface area contributed by atoms with E-state index in [1.807, 2.05) is 13.0 Å². The van der Waals surface area contributed by atoms with Crippen molar-refractivity contribution in [3.8, 4) is 17.3 Å². The summed E-state index contributed by atoms with van der Waals surface area (Å²) in [5.41, 5.74) is 0.889. The molecule has 0 bridgehead atoms. The number of rotatable bonds is 3. The Morgan fingerprint density at radius 3 is 2.76 bits per heavy atom. The Hall–Kier alpha value is -3.12. The van der Waals surface area contributed by atoms with E-state index in [-0.39, 0.29) is 11.5 Å². The van der Waals surface area contributed by atoms with Gasteiger partial charge in [-0.3, -0.25) is 4.79 Å². The lowest BCUT2D eigenvalue weighted by atomic mass is 10.1. The number of hydrogen-bond donors (Lipinski definition) is 0. The van der Waals surface area contributed by atoms with E-state index < -0.39 is 11.4 Å². The van der Waals surface area contributed by atoms with Crippen molar-refractivity contribution < 1.29 is 18.4 Å². The summed E-state index contributed by atoms with van der Waals surface area (Å²) in [6.45, 7) is 1.87. The molecule has 0 amide bonds. The molecule has 1 aromatic carbocycles. The second-order valence-electron chi connectivity index (χ2n) is 5.43. The van der Waals surface area contributed by atoms with Gasteiger partial charge in [0.1, 0.15) is 10.5 Å². The molecule has 0 atom stereocenters. The Morgan fingerprint density at radius 1 is 1.16 bits per heavy atom. The Labute approximate surface area is 146 Å². The number of benzene rings is 1. The zero-order valence-electron chi connectivity index (χ0n) is 13.1. The molecule has 3 heterocycles. The van der Waals surface area contributed by atoms with Crippen LogP contribution >= 0.6 is 11.3 Å². The normalized spacial score (nSPS) is 10.9. The fourth-order valence-corrected chi connectivity index (χ4v) is 3.09. The van der Waals surface area contributed by atoms with E-state index in [1.165, 1.54) is 17.6 Å². The third-order valence-electron chi connectivity index (χ3n) is 3.67. The van der Waals surface area contributed by atoms with Crippen LogP contribution in [0.5, 0.6) is 5.75 Å². The number of carbonyl (C=O) groups excluding carboxylic acids is 1. The van der Waals surface area contributed by atoms with Gasteiger partial charge in [0.2, 0.25) is 16.9 Å². The van der Waals surface area contributed by atoms with Gasteiger partial charge in [0.25, 0.3) is 0 Å². The Morgan fingerprint density at radius 2 is 2.04 bits per heavy atom. The van der Waals surface area contributed by atoms with Crippen molar-refractivity contribution >= 4 is 28.3 Å². The SMILES string of the molecule is Cc1ccc2oc(-c3ccco3)c(OC(=O)c3cccs3)c(=O)c2c1. The monoisotopic (exact) mass is 352 g/mol. The number of ether oxygens (including phenoxy) is 1. The van der Waals surface area contributed by atoms with Crippen LogP contribution in [-0.4, -0.2) is 5.97 Å². The van der Waals surface area contributed by atoms with Gasteiger partial charge >= 0.3 is 5.97 Å². The molecule has 0 N–H and O–H groups in total. The second kappa shape index (κ2) is 6.07. The highest BCUT2D eigenvalue weighted by Crippen LogP contribution is 2.32. The quantitative estimate of drug-likeness (QED) is 0.502. The number of carbonyl (C=O) groups is 1. The van der Waals surface area contributed by atoms with Gasteiger partial charge in [-0.1, -0.05) is 17.7 Å². The summed E-state index contributed by atoms with van der Waals surface area (Å²) in [7, 11) is 0. The topological polar surface area (TPSA) is 69.7 Å². The number of thiophene rings is 1. The van der Waals surface area contributed by atoms with Gasteiger partial charge in [-0.25, -0.2) is 4.79 Å². The van der Waals surface area contributed by atoms with Crippen LogP contribution < -0.4 is 10.2 Å². The Balaban J connectivity index is 1.93. The highest BCUT2D eigenvalue weighted by atomic mass is 32.1. The van der Waals surface area contributed by atoms with Gasteiger partial charge in [-0.15, -0.1) is 11.3 Å². The minimum Gasteiger partial charge on any atom is -0.461 e. The van der Waals surface area contributed by atoms with Gasteiger partial charge in [0.15, 0.2) is 5.76 Å². The Bertz CT molecular complexity index is 1100. The summed E-state index contributed by atoms with van der Waals surface area (Å²) in [6.07, 6.45) is 1.46. The maximum Gasteiger partial charge on any atom is 0.353 e. The van der Waals surface area contributed by atoms with Crippen molar-refractivity contribution in [1.82, 2.24) is 0 Å². The average molecular weight is 352 g/mol. The van der Waals surface area contributed by atoms with Gasteiger partial charge < -0.3 is 13.6 Å². The van der Waals surface area contributed by atoms with E-state index in [2.05, 4.69) is 0 Å². The van der Waals surface area contributed by atoms with Gasteiger partial charge in [0.05, 0.1) is 11.6 Å². The predicted molar refractivity (Wildman–Crippen MR) is 94.2 cm³/mol. The van der Waals surface area contributed by atoms with E-state index in [0.717, 1.165) is 5.56 Å². The first kappa shape index (κ1) is 15.4. The average Bonchev–Trinajstić information content (AvgIpc) is 3.31. The number of hydrogen-bond acceptors (Lipinski definition) is 6. The third-order valence-corrected chi connectivity index (χ3v) is 4.52. The first-order valence-corrected chi connectivity index (χ1v) is 8.38. The van der Waals surface area contributed by atoms with Crippen molar-refractivity contribution in [1.29, 1.82) is 0 Å².